The van der Waals surface area contributed by atoms with Crippen molar-refractivity contribution >= 4 is 6.03 Å². The molecule has 0 radical (unpaired) electrons. The van der Waals surface area contributed by atoms with Crippen LogP contribution in [0.3, 0.4) is 0 Å². The number of halogens is 2. The zero-order chi connectivity index (χ0) is 13.0. The SMILES string of the molecule is O=C(NCCF)N[C@@H]1CCCc2c(F)cccc21. The molecule has 0 saturated heterocycles. The van der Waals surface area contributed by atoms with Crippen LogP contribution in [0.4, 0.5) is 13.6 Å². The number of carbonyl (C=O) groups is 1. The van der Waals surface area contributed by atoms with Gasteiger partial charge in [-0.25, -0.2) is 13.6 Å². The van der Waals surface area contributed by atoms with Gasteiger partial charge in [-0.1, -0.05) is 12.1 Å². The molecule has 98 valence electrons. The third-order valence-electron chi connectivity index (χ3n) is 3.14. The predicted molar refractivity (Wildman–Crippen MR) is 64.6 cm³/mol. The van der Waals surface area contributed by atoms with Crippen LogP contribution >= 0.6 is 0 Å². The van der Waals surface area contributed by atoms with Gasteiger partial charge in [0.1, 0.15) is 12.5 Å². The Hall–Kier alpha value is -1.65. The van der Waals surface area contributed by atoms with Crippen molar-refractivity contribution in [3.05, 3.63) is 35.1 Å². The van der Waals surface area contributed by atoms with E-state index in [2.05, 4.69) is 10.6 Å². The second-order valence-corrected chi connectivity index (χ2v) is 4.34. The zero-order valence-electron chi connectivity index (χ0n) is 10.0. The summed E-state index contributed by atoms with van der Waals surface area (Å²) in [7, 11) is 0. The fourth-order valence-electron chi connectivity index (χ4n) is 2.32. The van der Waals surface area contributed by atoms with E-state index in [0.29, 0.717) is 12.0 Å². The zero-order valence-corrected chi connectivity index (χ0v) is 10.0. The third kappa shape index (κ3) is 2.78. The van der Waals surface area contributed by atoms with Crippen molar-refractivity contribution in [2.24, 2.45) is 0 Å². The van der Waals surface area contributed by atoms with E-state index in [0.717, 1.165) is 18.4 Å². The van der Waals surface area contributed by atoms with E-state index in [1.165, 1.54) is 6.07 Å². The number of urea groups is 1. The van der Waals surface area contributed by atoms with Crippen LogP contribution < -0.4 is 10.6 Å². The number of hydrogen-bond donors (Lipinski definition) is 2. The van der Waals surface area contributed by atoms with Gasteiger partial charge in [0.25, 0.3) is 0 Å². The summed E-state index contributed by atoms with van der Waals surface area (Å²) in [5.74, 6) is -0.219. The maximum atomic E-state index is 13.6. The lowest BCUT2D eigenvalue weighted by atomic mass is 9.87. The van der Waals surface area contributed by atoms with E-state index < -0.39 is 12.7 Å². The summed E-state index contributed by atoms with van der Waals surface area (Å²) in [6, 6.07) is 4.31. The molecule has 0 bridgehead atoms. The van der Waals surface area contributed by atoms with Crippen molar-refractivity contribution in [1.29, 1.82) is 0 Å². The molecule has 1 aliphatic carbocycles. The monoisotopic (exact) mass is 254 g/mol. The maximum absolute atomic E-state index is 13.6. The Balaban J connectivity index is 2.08. The number of fused-ring (bicyclic) bond motifs is 1. The number of rotatable bonds is 3. The second kappa shape index (κ2) is 5.80. The molecule has 0 fully saturated rings. The lowest BCUT2D eigenvalue weighted by Gasteiger charge is -2.26. The average molecular weight is 254 g/mol. The highest BCUT2D eigenvalue weighted by atomic mass is 19.1. The van der Waals surface area contributed by atoms with Crippen LogP contribution in [-0.4, -0.2) is 19.3 Å². The Morgan fingerprint density at radius 3 is 3.06 bits per heavy atom. The molecule has 1 aromatic rings. The first-order valence-electron chi connectivity index (χ1n) is 6.10. The molecule has 18 heavy (non-hydrogen) atoms. The van der Waals surface area contributed by atoms with Crippen LogP contribution in [0, 0.1) is 5.82 Å². The highest BCUT2D eigenvalue weighted by Gasteiger charge is 2.23. The number of alkyl halides is 1. The van der Waals surface area contributed by atoms with Gasteiger partial charge >= 0.3 is 6.03 Å². The summed E-state index contributed by atoms with van der Waals surface area (Å²) >= 11 is 0. The molecule has 1 aromatic carbocycles. The third-order valence-corrected chi connectivity index (χ3v) is 3.14. The van der Waals surface area contributed by atoms with Gasteiger partial charge in [-0.15, -0.1) is 0 Å². The van der Waals surface area contributed by atoms with Gasteiger partial charge in [0.15, 0.2) is 0 Å². The molecule has 0 spiro atoms. The minimum atomic E-state index is -0.594. The summed E-state index contributed by atoms with van der Waals surface area (Å²) in [6.45, 7) is -0.599. The van der Waals surface area contributed by atoms with E-state index >= 15 is 0 Å². The highest BCUT2D eigenvalue weighted by molar-refractivity contribution is 5.74. The highest BCUT2D eigenvalue weighted by Crippen LogP contribution is 2.30. The molecule has 1 aliphatic rings. The Morgan fingerprint density at radius 1 is 1.44 bits per heavy atom. The predicted octanol–water partition coefficient (Wildman–Crippen LogP) is 2.47. The van der Waals surface area contributed by atoms with Crippen molar-refractivity contribution in [3.8, 4) is 0 Å². The van der Waals surface area contributed by atoms with Crippen LogP contribution in [0.25, 0.3) is 0 Å². The van der Waals surface area contributed by atoms with Crippen LogP contribution in [0.15, 0.2) is 18.2 Å². The number of nitrogens with one attached hydrogen (secondary N) is 2. The Morgan fingerprint density at radius 2 is 2.28 bits per heavy atom. The lowest BCUT2D eigenvalue weighted by molar-refractivity contribution is 0.234. The molecule has 2 amide bonds. The molecule has 5 heteroatoms. The molecule has 0 saturated carbocycles. The largest absolute Gasteiger partial charge is 0.336 e. The molecule has 2 N–H and O–H groups in total. The van der Waals surface area contributed by atoms with Crippen molar-refractivity contribution in [1.82, 2.24) is 10.6 Å². The van der Waals surface area contributed by atoms with Gasteiger partial charge in [-0.05, 0) is 36.5 Å². The molecular weight excluding hydrogens is 238 g/mol. The van der Waals surface area contributed by atoms with Crippen molar-refractivity contribution < 1.29 is 13.6 Å². The molecule has 2 rings (SSSR count). The van der Waals surface area contributed by atoms with Gasteiger partial charge in [0.05, 0.1) is 6.04 Å². The van der Waals surface area contributed by atoms with Crippen LogP contribution in [0.1, 0.15) is 30.0 Å². The number of hydrogen-bond acceptors (Lipinski definition) is 1. The van der Waals surface area contributed by atoms with E-state index in [9.17, 15) is 13.6 Å². The summed E-state index contributed by atoms with van der Waals surface area (Å²) in [6.07, 6.45) is 2.31. The lowest BCUT2D eigenvalue weighted by Crippen LogP contribution is -2.40. The van der Waals surface area contributed by atoms with Crippen molar-refractivity contribution in [2.75, 3.05) is 13.2 Å². The van der Waals surface area contributed by atoms with E-state index in [4.69, 9.17) is 0 Å². The summed E-state index contributed by atoms with van der Waals surface area (Å²) in [5, 5.41) is 5.16. The first kappa shape index (κ1) is 12.8. The quantitative estimate of drug-likeness (QED) is 0.854. The molecule has 1 atom stereocenters. The van der Waals surface area contributed by atoms with Gasteiger partial charge in [0, 0.05) is 6.54 Å². The Kier molecular flexibility index (Phi) is 4.12. The van der Waals surface area contributed by atoms with Crippen molar-refractivity contribution in [2.45, 2.75) is 25.3 Å². The smallest absolute Gasteiger partial charge is 0.315 e. The normalized spacial score (nSPS) is 18.0. The second-order valence-electron chi connectivity index (χ2n) is 4.34. The summed E-state index contributed by atoms with van der Waals surface area (Å²) in [5.41, 5.74) is 1.51. The summed E-state index contributed by atoms with van der Waals surface area (Å²) in [4.78, 5) is 11.5. The molecule has 0 aromatic heterocycles. The van der Waals surface area contributed by atoms with Gasteiger partial charge in [-0.3, -0.25) is 0 Å². The van der Waals surface area contributed by atoms with Crippen molar-refractivity contribution in [3.63, 3.8) is 0 Å². The van der Waals surface area contributed by atoms with Gasteiger partial charge < -0.3 is 10.6 Å². The first-order chi connectivity index (χ1) is 8.72. The number of benzene rings is 1. The number of carbonyl (C=O) groups excluding carboxylic acids is 1. The Bertz CT molecular complexity index is 437. The minimum Gasteiger partial charge on any atom is -0.336 e. The number of amides is 2. The first-order valence-corrected chi connectivity index (χ1v) is 6.10. The Labute approximate surface area is 105 Å². The molecular formula is C13H16F2N2O. The summed E-state index contributed by atoms with van der Waals surface area (Å²) < 4.78 is 25.5. The maximum Gasteiger partial charge on any atom is 0.315 e. The minimum absolute atomic E-state index is 0.00540. The topological polar surface area (TPSA) is 41.1 Å². The van der Waals surface area contributed by atoms with E-state index in [-0.39, 0.29) is 18.4 Å². The van der Waals surface area contributed by atoms with Crippen LogP contribution in [-0.2, 0) is 6.42 Å². The molecule has 0 aliphatic heterocycles. The van der Waals surface area contributed by atoms with E-state index in [1.807, 2.05) is 6.07 Å². The fourth-order valence-corrected chi connectivity index (χ4v) is 2.32. The average Bonchev–Trinajstić information content (AvgIpc) is 2.38. The molecule has 0 heterocycles. The van der Waals surface area contributed by atoms with Crippen LogP contribution in [0.2, 0.25) is 0 Å². The van der Waals surface area contributed by atoms with E-state index in [1.54, 1.807) is 6.07 Å². The molecule has 3 nitrogen and oxygen atoms in total. The fraction of sp³-hybridized carbons (Fsp3) is 0.462. The van der Waals surface area contributed by atoms with Crippen LogP contribution in [0.5, 0.6) is 0 Å². The van der Waals surface area contributed by atoms with Gasteiger partial charge in [-0.2, -0.15) is 0 Å². The van der Waals surface area contributed by atoms with Gasteiger partial charge in [0.2, 0.25) is 0 Å². The standard InChI is InChI=1S/C13H16F2N2O/c14-7-8-16-13(18)17-12-6-2-3-9-10(12)4-1-5-11(9)15/h1,4-5,12H,2-3,6-8H2,(H2,16,17,18)/t12-/m1/s1. The molecule has 0 unspecified atom stereocenters.